The molecule has 0 unspecified atom stereocenters. The van der Waals surface area contributed by atoms with Crippen molar-refractivity contribution in [2.75, 3.05) is 0 Å². The van der Waals surface area contributed by atoms with Crippen LogP contribution in [0.2, 0.25) is 0 Å². The number of amides is 2. The van der Waals surface area contributed by atoms with Gasteiger partial charge < -0.3 is 10.6 Å². The lowest BCUT2D eigenvalue weighted by Gasteiger charge is -2.20. The first-order chi connectivity index (χ1) is 10.8. The van der Waals surface area contributed by atoms with Crippen LogP contribution in [0.3, 0.4) is 0 Å². The number of nitrogens with one attached hydrogen (secondary N) is 2. The van der Waals surface area contributed by atoms with Crippen LogP contribution in [0.25, 0.3) is 0 Å². The predicted octanol–water partition coefficient (Wildman–Crippen LogP) is 3.67. The molecular formula is C19H28N2O2. The third-order valence-corrected chi connectivity index (χ3v) is 4.09. The molecule has 1 fully saturated rings. The van der Waals surface area contributed by atoms with Crippen molar-refractivity contribution < 1.29 is 9.59 Å². The van der Waals surface area contributed by atoms with E-state index in [1.165, 1.54) is 25.7 Å². The zero-order valence-electron chi connectivity index (χ0n) is 14.4. The highest BCUT2D eigenvalue weighted by molar-refractivity contribution is 5.98. The van der Waals surface area contributed by atoms with E-state index in [1.54, 1.807) is 24.3 Å². The van der Waals surface area contributed by atoms with Crippen molar-refractivity contribution in [1.29, 1.82) is 0 Å². The summed E-state index contributed by atoms with van der Waals surface area (Å²) in [5.74, 6) is -0.159. The summed E-state index contributed by atoms with van der Waals surface area (Å²) >= 11 is 0. The second-order valence-corrected chi connectivity index (χ2v) is 7.44. The first-order valence-corrected chi connectivity index (χ1v) is 8.58. The first-order valence-electron chi connectivity index (χ1n) is 8.58. The van der Waals surface area contributed by atoms with Crippen LogP contribution >= 0.6 is 0 Å². The fourth-order valence-electron chi connectivity index (χ4n) is 2.88. The minimum absolute atomic E-state index is 0.0420. The fourth-order valence-corrected chi connectivity index (χ4v) is 2.88. The lowest BCUT2D eigenvalue weighted by atomic mass is 10.1. The quantitative estimate of drug-likeness (QED) is 0.836. The Bertz CT molecular complexity index is 535. The summed E-state index contributed by atoms with van der Waals surface area (Å²) in [6.07, 6.45) is 7.05. The SMILES string of the molecule is CC(C)(C)NC(=O)c1ccc(C(=O)NC2CCCCCC2)cc1. The van der Waals surface area contributed by atoms with Crippen molar-refractivity contribution in [3.63, 3.8) is 0 Å². The molecule has 0 atom stereocenters. The molecule has 23 heavy (non-hydrogen) atoms. The molecule has 0 spiro atoms. The van der Waals surface area contributed by atoms with Gasteiger partial charge >= 0.3 is 0 Å². The minimum atomic E-state index is -0.271. The van der Waals surface area contributed by atoms with Crippen molar-refractivity contribution in [1.82, 2.24) is 10.6 Å². The molecule has 2 rings (SSSR count). The molecule has 0 radical (unpaired) electrons. The van der Waals surface area contributed by atoms with Crippen LogP contribution in [0.5, 0.6) is 0 Å². The molecule has 1 aromatic rings. The molecule has 2 amide bonds. The van der Waals surface area contributed by atoms with E-state index in [1.807, 2.05) is 20.8 Å². The molecule has 1 saturated carbocycles. The summed E-state index contributed by atoms with van der Waals surface area (Å²) in [6, 6.07) is 7.16. The fraction of sp³-hybridized carbons (Fsp3) is 0.579. The number of hydrogen-bond acceptors (Lipinski definition) is 2. The van der Waals surface area contributed by atoms with Gasteiger partial charge in [-0.15, -0.1) is 0 Å². The van der Waals surface area contributed by atoms with Crippen LogP contribution in [0.4, 0.5) is 0 Å². The normalized spacial score (nSPS) is 16.5. The smallest absolute Gasteiger partial charge is 0.251 e. The summed E-state index contributed by atoms with van der Waals surface area (Å²) in [7, 11) is 0. The zero-order valence-corrected chi connectivity index (χ0v) is 14.4. The van der Waals surface area contributed by atoms with Gasteiger partial charge in [-0.25, -0.2) is 0 Å². The maximum absolute atomic E-state index is 12.3. The molecule has 0 heterocycles. The van der Waals surface area contributed by atoms with E-state index in [9.17, 15) is 9.59 Å². The highest BCUT2D eigenvalue weighted by Gasteiger charge is 2.17. The standard InChI is InChI=1S/C19H28N2O2/c1-19(2,3)21-18(23)15-12-10-14(11-13-15)17(22)20-16-8-6-4-5-7-9-16/h10-13,16H,4-9H2,1-3H3,(H,20,22)(H,21,23). The maximum atomic E-state index is 12.3. The molecular weight excluding hydrogens is 288 g/mol. The monoisotopic (exact) mass is 316 g/mol. The molecule has 4 heteroatoms. The van der Waals surface area contributed by atoms with Gasteiger partial charge in [0.25, 0.3) is 11.8 Å². The van der Waals surface area contributed by atoms with E-state index in [0.29, 0.717) is 11.1 Å². The molecule has 0 aromatic heterocycles. The maximum Gasteiger partial charge on any atom is 0.251 e. The average molecular weight is 316 g/mol. The van der Waals surface area contributed by atoms with Crippen LogP contribution in [-0.4, -0.2) is 23.4 Å². The Morgan fingerprint density at radius 3 is 1.83 bits per heavy atom. The second-order valence-electron chi connectivity index (χ2n) is 7.44. The van der Waals surface area contributed by atoms with Crippen LogP contribution in [0.15, 0.2) is 24.3 Å². The highest BCUT2D eigenvalue weighted by Crippen LogP contribution is 2.17. The van der Waals surface area contributed by atoms with Gasteiger partial charge in [0.2, 0.25) is 0 Å². The van der Waals surface area contributed by atoms with Crippen molar-refractivity contribution in [3.8, 4) is 0 Å². The van der Waals surface area contributed by atoms with Gasteiger partial charge in [0, 0.05) is 22.7 Å². The molecule has 1 aromatic carbocycles. The topological polar surface area (TPSA) is 58.2 Å². The molecule has 1 aliphatic carbocycles. The number of carbonyl (C=O) groups excluding carboxylic acids is 2. The van der Waals surface area contributed by atoms with Gasteiger partial charge in [-0.1, -0.05) is 25.7 Å². The first kappa shape index (κ1) is 17.5. The zero-order chi connectivity index (χ0) is 16.9. The summed E-state index contributed by atoms with van der Waals surface area (Å²) < 4.78 is 0. The van der Waals surface area contributed by atoms with Crippen LogP contribution in [-0.2, 0) is 0 Å². The third kappa shape index (κ3) is 5.70. The lowest BCUT2D eigenvalue weighted by Crippen LogP contribution is -2.40. The number of benzene rings is 1. The Kier molecular flexibility index (Phi) is 5.80. The number of hydrogen-bond donors (Lipinski definition) is 2. The van der Waals surface area contributed by atoms with Crippen molar-refractivity contribution in [3.05, 3.63) is 35.4 Å². The van der Waals surface area contributed by atoms with Gasteiger partial charge in [0.1, 0.15) is 0 Å². The predicted molar refractivity (Wildman–Crippen MR) is 92.6 cm³/mol. The molecule has 0 aliphatic heterocycles. The van der Waals surface area contributed by atoms with E-state index >= 15 is 0 Å². The molecule has 1 aliphatic rings. The van der Waals surface area contributed by atoms with Gasteiger partial charge in [-0.2, -0.15) is 0 Å². The molecule has 0 saturated heterocycles. The Morgan fingerprint density at radius 2 is 1.35 bits per heavy atom. The molecule has 4 nitrogen and oxygen atoms in total. The Hall–Kier alpha value is -1.84. The summed E-state index contributed by atoms with van der Waals surface area (Å²) in [6.45, 7) is 5.83. The van der Waals surface area contributed by atoms with Crippen molar-refractivity contribution in [2.45, 2.75) is 70.9 Å². The second kappa shape index (κ2) is 7.62. The number of carbonyl (C=O) groups is 2. The van der Waals surface area contributed by atoms with Crippen LogP contribution < -0.4 is 10.6 Å². The summed E-state index contributed by atoms with van der Waals surface area (Å²) in [5, 5.41) is 6.04. The molecule has 126 valence electrons. The minimum Gasteiger partial charge on any atom is -0.349 e. The van der Waals surface area contributed by atoms with E-state index < -0.39 is 0 Å². The Morgan fingerprint density at radius 1 is 0.870 bits per heavy atom. The summed E-state index contributed by atoms with van der Waals surface area (Å²) in [5.41, 5.74) is 0.916. The van der Waals surface area contributed by atoms with Gasteiger partial charge in [0.15, 0.2) is 0 Å². The van der Waals surface area contributed by atoms with Crippen molar-refractivity contribution in [2.24, 2.45) is 0 Å². The summed E-state index contributed by atoms with van der Waals surface area (Å²) in [4.78, 5) is 24.4. The third-order valence-electron chi connectivity index (χ3n) is 4.09. The van der Waals surface area contributed by atoms with Gasteiger partial charge in [-0.05, 0) is 57.9 Å². The van der Waals surface area contributed by atoms with E-state index in [4.69, 9.17) is 0 Å². The lowest BCUT2D eigenvalue weighted by molar-refractivity contribution is 0.0912. The Labute approximate surface area is 139 Å². The largest absolute Gasteiger partial charge is 0.349 e. The van der Waals surface area contributed by atoms with E-state index in [-0.39, 0.29) is 23.4 Å². The van der Waals surface area contributed by atoms with Crippen LogP contribution in [0.1, 0.15) is 80.0 Å². The van der Waals surface area contributed by atoms with E-state index in [2.05, 4.69) is 10.6 Å². The van der Waals surface area contributed by atoms with Crippen molar-refractivity contribution >= 4 is 11.8 Å². The van der Waals surface area contributed by atoms with Crippen LogP contribution in [0, 0.1) is 0 Å². The molecule has 2 N–H and O–H groups in total. The Balaban J connectivity index is 1.95. The van der Waals surface area contributed by atoms with E-state index in [0.717, 1.165) is 12.8 Å². The average Bonchev–Trinajstić information content (AvgIpc) is 2.74. The van der Waals surface area contributed by atoms with Gasteiger partial charge in [-0.3, -0.25) is 9.59 Å². The molecule has 0 bridgehead atoms. The highest BCUT2D eigenvalue weighted by atomic mass is 16.2. The number of rotatable bonds is 3. The van der Waals surface area contributed by atoms with Gasteiger partial charge in [0.05, 0.1) is 0 Å².